The van der Waals surface area contributed by atoms with E-state index in [1.165, 1.54) is 17.2 Å². The van der Waals surface area contributed by atoms with E-state index in [-0.39, 0.29) is 23.2 Å². The van der Waals surface area contributed by atoms with Crippen LogP contribution in [0.3, 0.4) is 0 Å². The van der Waals surface area contributed by atoms with Crippen LogP contribution in [0, 0.1) is 11.3 Å². The third kappa shape index (κ3) is 4.39. The lowest BCUT2D eigenvalue weighted by Gasteiger charge is -2.21. The van der Waals surface area contributed by atoms with Gasteiger partial charge in [-0.15, -0.1) is 0 Å². The number of pyridine rings is 1. The molecule has 6 nitrogen and oxygen atoms in total. The van der Waals surface area contributed by atoms with Crippen LogP contribution in [0.25, 0.3) is 0 Å². The Kier molecular flexibility index (Phi) is 6.06. The summed E-state index contributed by atoms with van der Waals surface area (Å²) in [5.74, 6) is -0.0691. The number of carbonyl (C=O) groups is 1. The van der Waals surface area contributed by atoms with Crippen molar-refractivity contribution in [2.24, 2.45) is 0 Å². The maximum absolute atomic E-state index is 12.2. The molecule has 0 spiro atoms. The average molecular weight is 283 g/mol. The van der Waals surface area contributed by atoms with Crippen LogP contribution in [-0.4, -0.2) is 42.6 Å². The molecule has 1 rings (SSSR count). The molecule has 0 aliphatic rings. The number of rotatable bonds is 6. The Morgan fingerprint density at radius 2 is 2.37 bits per heavy atom. The highest BCUT2D eigenvalue weighted by Gasteiger charge is 2.16. The van der Waals surface area contributed by atoms with Crippen molar-refractivity contribution < 1.29 is 9.53 Å². The van der Waals surface area contributed by atoms with Crippen molar-refractivity contribution in [1.29, 1.82) is 5.26 Å². The van der Waals surface area contributed by atoms with Crippen LogP contribution in [0.4, 0.5) is 5.82 Å². The Balaban J connectivity index is 2.84. The molecule has 0 saturated carbocycles. The van der Waals surface area contributed by atoms with Gasteiger partial charge < -0.3 is 15.4 Å². The Labute approximate surface area is 116 Å². The summed E-state index contributed by atoms with van der Waals surface area (Å²) in [6, 6.07) is 3.48. The van der Waals surface area contributed by atoms with Gasteiger partial charge in [-0.1, -0.05) is 11.6 Å². The zero-order valence-electron chi connectivity index (χ0n) is 10.6. The van der Waals surface area contributed by atoms with E-state index in [1.807, 2.05) is 6.07 Å². The fourth-order valence-corrected chi connectivity index (χ4v) is 1.62. The van der Waals surface area contributed by atoms with Gasteiger partial charge in [0.1, 0.15) is 5.82 Å². The van der Waals surface area contributed by atoms with Crippen LogP contribution in [0.2, 0.25) is 5.02 Å². The molecular formula is C12H15ClN4O2. The number of methoxy groups -OCH3 is 1. The summed E-state index contributed by atoms with van der Waals surface area (Å²) in [4.78, 5) is 17.6. The first kappa shape index (κ1) is 15.2. The fourth-order valence-electron chi connectivity index (χ4n) is 1.45. The molecule has 1 aromatic rings. The zero-order chi connectivity index (χ0) is 14.3. The van der Waals surface area contributed by atoms with Gasteiger partial charge in [0.2, 0.25) is 0 Å². The third-order valence-electron chi connectivity index (χ3n) is 2.46. The molecule has 0 aliphatic heterocycles. The van der Waals surface area contributed by atoms with Crippen molar-refractivity contribution in [2.45, 2.75) is 6.42 Å². The SMILES string of the molecule is COCCN(CCC#N)C(=O)c1cnc(N)c(Cl)c1. The highest BCUT2D eigenvalue weighted by molar-refractivity contribution is 6.33. The van der Waals surface area contributed by atoms with Gasteiger partial charge in [-0.2, -0.15) is 5.26 Å². The number of halogens is 1. The van der Waals surface area contributed by atoms with Crippen molar-refractivity contribution in [3.8, 4) is 6.07 Å². The number of nitrogens with two attached hydrogens (primary N) is 1. The van der Waals surface area contributed by atoms with Gasteiger partial charge in [-0.05, 0) is 6.07 Å². The molecule has 0 atom stereocenters. The highest BCUT2D eigenvalue weighted by atomic mass is 35.5. The maximum atomic E-state index is 12.2. The summed E-state index contributed by atoms with van der Waals surface area (Å²) >= 11 is 5.84. The van der Waals surface area contributed by atoms with E-state index >= 15 is 0 Å². The number of aromatic nitrogens is 1. The summed E-state index contributed by atoms with van der Waals surface area (Å²) in [6.07, 6.45) is 1.63. The normalized spacial score (nSPS) is 9.95. The minimum Gasteiger partial charge on any atom is -0.383 e. The van der Waals surface area contributed by atoms with E-state index in [9.17, 15) is 4.79 Å². The van der Waals surface area contributed by atoms with Crippen LogP contribution < -0.4 is 5.73 Å². The van der Waals surface area contributed by atoms with Crippen molar-refractivity contribution in [3.63, 3.8) is 0 Å². The first-order valence-corrected chi connectivity index (χ1v) is 6.04. The molecular weight excluding hydrogens is 268 g/mol. The molecule has 0 bridgehead atoms. The summed E-state index contributed by atoms with van der Waals surface area (Å²) in [6.45, 7) is 1.13. The molecule has 7 heteroatoms. The molecule has 1 amide bonds. The molecule has 0 saturated heterocycles. The Bertz CT molecular complexity index is 487. The predicted octanol–water partition coefficient (Wildman–Crippen LogP) is 1.32. The number of nitrogens with zero attached hydrogens (tertiary/aromatic N) is 3. The van der Waals surface area contributed by atoms with E-state index < -0.39 is 0 Å². The van der Waals surface area contributed by atoms with E-state index in [1.54, 1.807) is 7.11 Å². The second-order valence-corrected chi connectivity index (χ2v) is 4.19. The number of carbonyl (C=O) groups excluding carboxylic acids is 1. The quantitative estimate of drug-likeness (QED) is 0.849. The molecule has 102 valence electrons. The smallest absolute Gasteiger partial charge is 0.255 e. The van der Waals surface area contributed by atoms with E-state index in [2.05, 4.69) is 4.98 Å². The number of nitriles is 1. The lowest BCUT2D eigenvalue weighted by atomic mass is 10.2. The van der Waals surface area contributed by atoms with E-state index in [4.69, 9.17) is 27.3 Å². The molecule has 1 aromatic heterocycles. The van der Waals surface area contributed by atoms with Crippen LogP contribution >= 0.6 is 11.6 Å². The Hall–Kier alpha value is -1.84. The van der Waals surface area contributed by atoms with Crippen molar-refractivity contribution in [2.75, 3.05) is 32.5 Å². The number of hydrogen-bond acceptors (Lipinski definition) is 5. The number of nitrogen functional groups attached to an aromatic ring is 1. The fraction of sp³-hybridized carbons (Fsp3) is 0.417. The first-order chi connectivity index (χ1) is 9.10. The van der Waals surface area contributed by atoms with Crippen LogP contribution in [0.1, 0.15) is 16.8 Å². The van der Waals surface area contributed by atoms with Gasteiger partial charge >= 0.3 is 0 Å². The average Bonchev–Trinajstić information content (AvgIpc) is 2.41. The second-order valence-electron chi connectivity index (χ2n) is 3.78. The number of ether oxygens (including phenoxy) is 1. The topological polar surface area (TPSA) is 92.2 Å². The molecule has 19 heavy (non-hydrogen) atoms. The third-order valence-corrected chi connectivity index (χ3v) is 2.77. The summed E-state index contributed by atoms with van der Waals surface area (Å²) in [5.41, 5.74) is 5.84. The van der Waals surface area contributed by atoms with Gasteiger partial charge in [0.05, 0.1) is 29.7 Å². The van der Waals surface area contributed by atoms with Crippen molar-refractivity contribution in [3.05, 3.63) is 22.8 Å². The molecule has 1 heterocycles. The number of anilines is 1. The molecule has 0 aliphatic carbocycles. The largest absolute Gasteiger partial charge is 0.383 e. The summed E-state index contributed by atoms with van der Waals surface area (Å²) in [5, 5.41) is 8.84. The Morgan fingerprint density at radius 3 is 2.95 bits per heavy atom. The van der Waals surface area contributed by atoms with Crippen molar-refractivity contribution in [1.82, 2.24) is 9.88 Å². The van der Waals surface area contributed by atoms with E-state index in [0.717, 1.165) is 0 Å². The van der Waals surface area contributed by atoms with E-state index in [0.29, 0.717) is 25.3 Å². The highest BCUT2D eigenvalue weighted by Crippen LogP contribution is 2.17. The van der Waals surface area contributed by atoms with Crippen LogP contribution in [0.15, 0.2) is 12.3 Å². The minimum absolute atomic E-state index is 0.179. The molecule has 0 unspecified atom stereocenters. The maximum Gasteiger partial charge on any atom is 0.255 e. The van der Waals surface area contributed by atoms with Gasteiger partial charge in [0, 0.05) is 26.4 Å². The van der Waals surface area contributed by atoms with Gasteiger partial charge in [0.25, 0.3) is 5.91 Å². The van der Waals surface area contributed by atoms with Crippen LogP contribution in [0.5, 0.6) is 0 Å². The molecule has 0 aromatic carbocycles. The lowest BCUT2D eigenvalue weighted by molar-refractivity contribution is 0.0699. The minimum atomic E-state index is -0.248. The van der Waals surface area contributed by atoms with Crippen molar-refractivity contribution >= 4 is 23.3 Å². The second kappa shape index (κ2) is 7.56. The number of amides is 1. The predicted molar refractivity (Wildman–Crippen MR) is 71.7 cm³/mol. The molecule has 2 N–H and O–H groups in total. The molecule has 0 fully saturated rings. The van der Waals surface area contributed by atoms with Gasteiger partial charge in [-0.25, -0.2) is 4.98 Å². The van der Waals surface area contributed by atoms with Crippen LogP contribution in [-0.2, 0) is 4.74 Å². The summed E-state index contributed by atoms with van der Waals surface area (Å²) in [7, 11) is 1.55. The van der Waals surface area contributed by atoms with Gasteiger partial charge in [0.15, 0.2) is 0 Å². The standard InChI is InChI=1S/C12H15ClN4O2/c1-19-6-5-17(4-2-3-14)12(18)9-7-10(13)11(15)16-8-9/h7-8H,2,4-6H2,1H3,(H2,15,16). The first-order valence-electron chi connectivity index (χ1n) is 5.66. The van der Waals surface area contributed by atoms with Gasteiger partial charge in [-0.3, -0.25) is 4.79 Å². The summed E-state index contributed by atoms with van der Waals surface area (Å²) < 4.78 is 4.94. The lowest BCUT2D eigenvalue weighted by Crippen LogP contribution is -2.34. The number of hydrogen-bond donors (Lipinski definition) is 1. The molecule has 0 radical (unpaired) electrons. The zero-order valence-corrected chi connectivity index (χ0v) is 11.4. The monoisotopic (exact) mass is 282 g/mol. The Morgan fingerprint density at radius 1 is 1.63 bits per heavy atom.